The Morgan fingerprint density at radius 1 is 1.09 bits per heavy atom. The van der Waals surface area contributed by atoms with Crippen LogP contribution in [0.3, 0.4) is 0 Å². The molecule has 1 heterocycles. The van der Waals surface area contributed by atoms with Crippen molar-refractivity contribution >= 4 is 53.5 Å². The highest BCUT2D eigenvalue weighted by Crippen LogP contribution is 2.37. The standard InChI is InChI=1S/C28H39BrF3N5O6Si/c1-27(2,3)43-25(39)33-13-9-8-10-21-36-22(23(29)37(21)17-42-14-15-44(5,6)7)19-12-11-18(34-26(40)41-4)16-20(19)35-24(38)28(30,31)32/h9,11-13,16H,8,10,14-15,17H2,1-7H3,(H,33,39)(H,34,40)(H,35,38). The van der Waals surface area contributed by atoms with E-state index in [9.17, 15) is 27.6 Å². The third kappa shape index (κ3) is 12.3. The van der Waals surface area contributed by atoms with Crippen molar-refractivity contribution in [2.24, 2.45) is 0 Å². The molecule has 0 fully saturated rings. The number of amides is 3. The summed E-state index contributed by atoms with van der Waals surface area (Å²) in [6, 6.07) is 4.96. The topological polar surface area (TPSA) is 133 Å². The largest absolute Gasteiger partial charge is 0.471 e. The number of imidazole rings is 1. The number of allylic oxidation sites excluding steroid dienone is 1. The summed E-state index contributed by atoms with van der Waals surface area (Å²) < 4.78 is 57.4. The quantitative estimate of drug-likeness (QED) is 0.156. The third-order valence-corrected chi connectivity index (χ3v) is 8.17. The van der Waals surface area contributed by atoms with Gasteiger partial charge in [0.1, 0.15) is 28.5 Å². The van der Waals surface area contributed by atoms with Crippen LogP contribution in [0.15, 0.2) is 35.1 Å². The summed E-state index contributed by atoms with van der Waals surface area (Å²) in [5, 5.41) is 6.77. The fraction of sp³-hybridized carbons (Fsp3) is 0.500. The Hall–Kier alpha value is -3.37. The van der Waals surface area contributed by atoms with E-state index in [1.54, 1.807) is 31.4 Å². The zero-order valence-corrected chi connectivity index (χ0v) is 28.4. The smallest absolute Gasteiger partial charge is 0.453 e. The maximum absolute atomic E-state index is 13.2. The van der Waals surface area contributed by atoms with E-state index >= 15 is 0 Å². The molecule has 44 heavy (non-hydrogen) atoms. The molecule has 0 unspecified atom stereocenters. The van der Waals surface area contributed by atoms with E-state index in [0.29, 0.717) is 29.9 Å². The first kappa shape index (κ1) is 36.8. The molecule has 0 saturated carbocycles. The number of anilines is 2. The zero-order chi connectivity index (χ0) is 33.3. The lowest BCUT2D eigenvalue weighted by Gasteiger charge is -2.18. The third-order valence-electron chi connectivity index (χ3n) is 5.67. The predicted molar refractivity (Wildman–Crippen MR) is 167 cm³/mol. The normalized spacial score (nSPS) is 12.2. The van der Waals surface area contributed by atoms with Crippen molar-refractivity contribution in [2.75, 3.05) is 24.4 Å². The molecule has 0 atom stereocenters. The van der Waals surface area contributed by atoms with Crippen molar-refractivity contribution in [3.05, 3.63) is 40.9 Å². The molecule has 0 aliphatic carbocycles. The average Bonchev–Trinajstić information content (AvgIpc) is 3.19. The molecule has 3 N–H and O–H groups in total. The van der Waals surface area contributed by atoms with Crippen LogP contribution in [-0.4, -0.2) is 61.2 Å². The van der Waals surface area contributed by atoms with Gasteiger partial charge in [-0.3, -0.25) is 20.0 Å². The summed E-state index contributed by atoms with van der Waals surface area (Å²) in [6.07, 6.45) is -2.63. The first-order chi connectivity index (χ1) is 20.3. The van der Waals surface area contributed by atoms with Gasteiger partial charge in [0.15, 0.2) is 0 Å². The molecule has 0 spiro atoms. The van der Waals surface area contributed by atoms with Crippen LogP contribution in [0.25, 0.3) is 11.3 Å². The second kappa shape index (κ2) is 15.6. The number of nitrogens with zero attached hydrogens (tertiary/aromatic N) is 2. The van der Waals surface area contributed by atoms with Gasteiger partial charge in [-0.2, -0.15) is 13.2 Å². The second-order valence-corrected chi connectivity index (χ2v) is 18.2. The lowest BCUT2D eigenvalue weighted by atomic mass is 10.1. The number of alkyl carbamates (subject to hydrolysis) is 1. The number of benzene rings is 1. The maximum Gasteiger partial charge on any atom is 0.471 e. The summed E-state index contributed by atoms with van der Waals surface area (Å²) in [7, 11) is -0.235. The van der Waals surface area contributed by atoms with Gasteiger partial charge in [-0.05, 0) is 67.4 Å². The van der Waals surface area contributed by atoms with Gasteiger partial charge in [0, 0.05) is 38.6 Å². The summed E-state index contributed by atoms with van der Waals surface area (Å²) in [5.74, 6) is -1.66. The number of carbonyl (C=O) groups excluding carboxylic acids is 3. The first-order valence-corrected chi connectivity index (χ1v) is 18.2. The number of aryl methyl sites for hydroxylation is 1. The van der Waals surface area contributed by atoms with Crippen LogP contribution in [0.1, 0.15) is 33.0 Å². The zero-order valence-electron chi connectivity index (χ0n) is 25.8. The fourth-order valence-corrected chi connectivity index (χ4v) is 4.89. The number of rotatable bonds is 12. The van der Waals surface area contributed by atoms with E-state index in [0.717, 1.165) is 13.2 Å². The Morgan fingerprint density at radius 2 is 1.77 bits per heavy atom. The highest BCUT2D eigenvalue weighted by molar-refractivity contribution is 9.10. The molecule has 16 heteroatoms. The molecule has 0 aliphatic heterocycles. The number of hydrogen-bond acceptors (Lipinski definition) is 7. The molecular formula is C28H39BrF3N5O6Si. The molecule has 2 rings (SSSR count). The van der Waals surface area contributed by atoms with Crippen molar-refractivity contribution in [1.29, 1.82) is 0 Å². The summed E-state index contributed by atoms with van der Waals surface area (Å²) in [6.45, 7) is 12.5. The molecule has 11 nitrogen and oxygen atoms in total. The van der Waals surface area contributed by atoms with Crippen LogP contribution >= 0.6 is 15.9 Å². The molecule has 0 bridgehead atoms. The van der Waals surface area contributed by atoms with Crippen LogP contribution in [0, 0.1) is 0 Å². The Bertz CT molecular complexity index is 1350. The van der Waals surface area contributed by atoms with Gasteiger partial charge in [-0.25, -0.2) is 14.6 Å². The van der Waals surface area contributed by atoms with Crippen LogP contribution < -0.4 is 16.0 Å². The molecule has 1 aromatic heterocycles. The van der Waals surface area contributed by atoms with Crippen LogP contribution in [0.5, 0.6) is 0 Å². The summed E-state index contributed by atoms with van der Waals surface area (Å²) in [5.41, 5.74) is -0.390. The van der Waals surface area contributed by atoms with Crippen LogP contribution in [0.2, 0.25) is 25.7 Å². The molecule has 2 aromatic rings. The number of nitrogens with one attached hydrogen (secondary N) is 3. The number of halogens is 4. The summed E-state index contributed by atoms with van der Waals surface area (Å²) in [4.78, 5) is 40.2. The van der Waals surface area contributed by atoms with Crippen LogP contribution in [0.4, 0.5) is 34.1 Å². The van der Waals surface area contributed by atoms with E-state index in [1.807, 2.05) is 5.32 Å². The van der Waals surface area contributed by atoms with Crippen molar-refractivity contribution < 1.29 is 41.8 Å². The summed E-state index contributed by atoms with van der Waals surface area (Å²) >= 11 is 3.52. The van der Waals surface area contributed by atoms with Gasteiger partial charge >= 0.3 is 24.3 Å². The molecule has 3 amide bonds. The number of alkyl halides is 3. The number of methoxy groups -OCH3 is 1. The van der Waals surface area contributed by atoms with E-state index < -0.39 is 37.9 Å². The van der Waals surface area contributed by atoms with E-state index in [-0.39, 0.29) is 29.4 Å². The van der Waals surface area contributed by atoms with Gasteiger partial charge in [-0.1, -0.05) is 25.7 Å². The predicted octanol–water partition coefficient (Wildman–Crippen LogP) is 7.28. The fourth-order valence-electron chi connectivity index (χ4n) is 3.53. The van der Waals surface area contributed by atoms with Gasteiger partial charge in [0.25, 0.3) is 0 Å². The molecule has 0 saturated heterocycles. The Morgan fingerprint density at radius 3 is 2.36 bits per heavy atom. The molecular weight excluding hydrogens is 667 g/mol. The molecule has 0 radical (unpaired) electrons. The minimum absolute atomic E-state index is 0.0890. The highest BCUT2D eigenvalue weighted by atomic mass is 79.9. The minimum atomic E-state index is -5.16. The van der Waals surface area contributed by atoms with Gasteiger partial charge in [0.2, 0.25) is 0 Å². The molecule has 1 aromatic carbocycles. The monoisotopic (exact) mass is 705 g/mol. The van der Waals surface area contributed by atoms with Crippen molar-refractivity contribution in [2.45, 2.75) is 77.8 Å². The maximum atomic E-state index is 13.2. The average molecular weight is 707 g/mol. The number of carbonyl (C=O) groups is 3. The Balaban J connectivity index is 2.43. The van der Waals surface area contributed by atoms with Gasteiger partial charge < -0.3 is 19.5 Å². The van der Waals surface area contributed by atoms with E-state index in [4.69, 9.17) is 9.47 Å². The lowest BCUT2D eigenvalue weighted by Crippen LogP contribution is -2.30. The molecule has 0 aliphatic rings. The Labute approximate surface area is 264 Å². The highest BCUT2D eigenvalue weighted by Gasteiger charge is 2.39. The van der Waals surface area contributed by atoms with Gasteiger partial charge in [-0.15, -0.1) is 0 Å². The SMILES string of the molecule is COC(=O)Nc1ccc(-c2nc(CCC=CNC(=O)OC(C)(C)C)n(COCC[Si](C)(C)C)c2Br)c(NC(=O)C(F)(F)F)c1. The van der Waals surface area contributed by atoms with E-state index in [2.05, 4.69) is 55.9 Å². The number of aromatic nitrogens is 2. The van der Waals surface area contributed by atoms with Crippen molar-refractivity contribution in [1.82, 2.24) is 14.9 Å². The lowest BCUT2D eigenvalue weighted by molar-refractivity contribution is -0.167. The Kier molecular flexibility index (Phi) is 13.0. The number of ether oxygens (including phenoxy) is 3. The minimum Gasteiger partial charge on any atom is -0.453 e. The van der Waals surface area contributed by atoms with Gasteiger partial charge in [0.05, 0.1) is 12.8 Å². The van der Waals surface area contributed by atoms with Crippen LogP contribution in [-0.2, 0) is 32.2 Å². The second-order valence-electron chi connectivity index (χ2n) is 11.9. The van der Waals surface area contributed by atoms with Crippen molar-refractivity contribution in [3.63, 3.8) is 0 Å². The van der Waals surface area contributed by atoms with E-state index in [1.165, 1.54) is 24.4 Å². The molecule has 244 valence electrons. The first-order valence-electron chi connectivity index (χ1n) is 13.7. The number of hydrogen-bond donors (Lipinski definition) is 3. The van der Waals surface area contributed by atoms with Crippen molar-refractivity contribution in [3.8, 4) is 11.3 Å².